The van der Waals surface area contributed by atoms with Crippen LogP contribution in [-0.4, -0.2) is 86.2 Å². The minimum atomic E-state index is -3.59. The van der Waals surface area contributed by atoms with Gasteiger partial charge in [-0.3, -0.25) is 14.5 Å². The van der Waals surface area contributed by atoms with Crippen molar-refractivity contribution in [3.63, 3.8) is 0 Å². The van der Waals surface area contributed by atoms with Crippen molar-refractivity contribution < 1.29 is 18.0 Å². The highest BCUT2D eigenvalue weighted by molar-refractivity contribution is 7.89. The van der Waals surface area contributed by atoms with E-state index in [-0.39, 0.29) is 43.8 Å². The van der Waals surface area contributed by atoms with Crippen molar-refractivity contribution in [3.8, 4) is 0 Å². The molecule has 8 nitrogen and oxygen atoms in total. The van der Waals surface area contributed by atoms with Gasteiger partial charge in [0, 0.05) is 57.6 Å². The van der Waals surface area contributed by atoms with Gasteiger partial charge in [0.15, 0.2) is 0 Å². The molecule has 0 aromatic heterocycles. The first-order valence-corrected chi connectivity index (χ1v) is 12.9. The lowest BCUT2D eigenvalue weighted by atomic mass is 10.2. The van der Waals surface area contributed by atoms with Gasteiger partial charge in [0.05, 0.1) is 4.90 Å². The molecule has 9 heteroatoms. The molecule has 1 aromatic rings. The monoisotopic (exact) mass is 464 g/mol. The maximum absolute atomic E-state index is 13.0. The first kappa shape index (κ1) is 24.7. The number of carbonyl (C=O) groups is 2. The molecular weight excluding hydrogens is 428 g/mol. The Labute approximate surface area is 192 Å². The van der Waals surface area contributed by atoms with Crippen molar-refractivity contribution in [1.82, 2.24) is 19.4 Å². The van der Waals surface area contributed by atoms with Crippen molar-refractivity contribution in [2.45, 2.75) is 63.4 Å². The minimum absolute atomic E-state index is 0.105. The summed E-state index contributed by atoms with van der Waals surface area (Å²) < 4.78 is 27.5. The van der Waals surface area contributed by atoms with Crippen molar-refractivity contribution in [1.29, 1.82) is 0 Å². The minimum Gasteiger partial charge on any atom is -0.355 e. The first-order valence-electron chi connectivity index (χ1n) is 11.4. The Morgan fingerprint density at radius 1 is 1.12 bits per heavy atom. The van der Waals surface area contributed by atoms with E-state index in [1.165, 1.54) is 17.1 Å². The van der Waals surface area contributed by atoms with E-state index >= 15 is 0 Å². The van der Waals surface area contributed by atoms with Gasteiger partial charge in [-0.15, -0.1) is 0 Å². The molecule has 2 amide bonds. The summed E-state index contributed by atoms with van der Waals surface area (Å²) in [5.41, 5.74) is 1.62. The lowest BCUT2D eigenvalue weighted by molar-refractivity contribution is -0.134. The molecule has 1 aliphatic carbocycles. The number of benzene rings is 1. The molecule has 3 rings (SSSR count). The number of likely N-dealkylation sites (N-methyl/N-ethyl adjacent to an activating group) is 1. The van der Waals surface area contributed by atoms with E-state index in [1.54, 1.807) is 17.9 Å². The fourth-order valence-electron chi connectivity index (χ4n) is 4.02. The maximum atomic E-state index is 13.0. The van der Waals surface area contributed by atoms with Gasteiger partial charge in [-0.05, 0) is 57.9 Å². The molecule has 2 aliphatic rings. The highest BCUT2D eigenvalue weighted by Crippen LogP contribution is 2.26. The van der Waals surface area contributed by atoms with Gasteiger partial charge in [-0.2, -0.15) is 4.31 Å². The maximum Gasteiger partial charge on any atom is 0.243 e. The summed E-state index contributed by atoms with van der Waals surface area (Å²) in [6, 6.07) is 6.32. The second kappa shape index (κ2) is 10.3. The molecule has 1 N–H and O–H groups in total. The molecule has 1 atom stereocenters. The Balaban J connectivity index is 1.43. The SMILES string of the molecule is Cc1ccc(C)c(S(=O)(=O)N2CCN(C(=O)CCC(=O)NCC(C)N(C)C3CC3)CC2)c1. The van der Waals surface area contributed by atoms with Gasteiger partial charge in [0.2, 0.25) is 21.8 Å². The van der Waals surface area contributed by atoms with Crippen LogP contribution < -0.4 is 5.32 Å². The van der Waals surface area contributed by atoms with Crippen LogP contribution in [0.25, 0.3) is 0 Å². The Kier molecular flexibility index (Phi) is 7.95. The standard InChI is InChI=1S/C23H36N4O4S/c1-17-5-6-18(2)21(15-17)32(30,31)27-13-11-26(12-14-27)23(29)10-9-22(28)24-16-19(3)25(4)20-7-8-20/h5-6,15,19-20H,7-14,16H2,1-4H3,(H,24,28). The third kappa shape index (κ3) is 6.08. The summed E-state index contributed by atoms with van der Waals surface area (Å²) in [6.07, 6.45) is 2.74. The Hall–Kier alpha value is -1.97. The number of nitrogens with zero attached hydrogens (tertiary/aromatic N) is 3. The molecule has 2 fully saturated rings. The van der Waals surface area contributed by atoms with Gasteiger partial charge >= 0.3 is 0 Å². The first-order chi connectivity index (χ1) is 15.1. The van der Waals surface area contributed by atoms with Gasteiger partial charge in [-0.1, -0.05) is 12.1 Å². The topological polar surface area (TPSA) is 90.0 Å². The molecule has 0 spiro atoms. The molecule has 1 unspecified atom stereocenters. The average molecular weight is 465 g/mol. The van der Waals surface area contributed by atoms with Crippen molar-refractivity contribution >= 4 is 21.8 Å². The van der Waals surface area contributed by atoms with Gasteiger partial charge in [0.25, 0.3) is 0 Å². The van der Waals surface area contributed by atoms with E-state index in [9.17, 15) is 18.0 Å². The fourth-order valence-corrected chi connectivity index (χ4v) is 5.75. The number of hydrogen-bond donors (Lipinski definition) is 1. The molecular formula is C23H36N4O4S. The quantitative estimate of drug-likeness (QED) is 0.598. The predicted molar refractivity (Wildman–Crippen MR) is 124 cm³/mol. The van der Waals surface area contributed by atoms with Crippen LogP contribution in [0.1, 0.15) is 43.7 Å². The third-order valence-electron chi connectivity index (χ3n) is 6.53. The molecule has 1 aliphatic heterocycles. The number of aryl methyl sites for hydroxylation is 2. The average Bonchev–Trinajstić information content (AvgIpc) is 3.62. The van der Waals surface area contributed by atoms with E-state index in [2.05, 4.69) is 24.2 Å². The predicted octanol–water partition coefficient (Wildman–Crippen LogP) is 1.52. The number of hydrogen-bond acceptors (Lipinski definition) is 5. The summed E-state index contributed by atoms with van der Waals surface area (Å²) in [5, 5.41) is 2.92. The van der Waals surface area contributed by atoms with Gasteiger partial charge in [-0.25, -0.2) is 8.42 Å². The molecule has 1 saturated carbocycles. The number of piperazine rings is 1. The zero-order valence-corrected chi connectivity index (χ0v) is 20.5. The summed E-state index contributed by atoms with van der Waals surface area (Å²) in [7, 11) is -1.51. The smallest absolute Gasteiger partial charge is 0.243 e. The second-order valence-corrected chi connectivity index (χ2v) is 11.0. The van der Waals surface area contributed by atoms with E-state index in [0.717, 1.165) is 11.1 Å². The summed E-state index contributed by atoms with van der Waals surface area (Å²) in [4.78, 5) is 29.0. The summed E-state index contributed by atoms with van der Waals surface area (Å²) in [6.45, 7) is 7.54. The zero-order valence-electron chi connectivity index (χ0n) is 19.6. The van der Waals surface area contributed by atoms with Crippen LogP contribution in [0.4, 0.5) is 0 Å². The number of amides is 2. The van der Waals surface area contributed by atoms with Crippen molar-refractivity contribution in [2.75, 3.05) is 39.8 Å². The van der Waals surface area contributed by atoms with Crippen LogP contribution in [0.2, 0.25) is 0 Å². The van der Waals surface area contributed by atoms with Crippen LogP contribution >= 0.6 is 0 Å². The zero-order chi connectivity index (χ0) is 23.5. The molecule has 32 heavy (non-hydrogen) atoms. The van der Waals surface area contributed by atoms with Crippen LogP contribution in [0.3, 0.4) is 0 Å². The van der Waals surface area contributed by atoms with Gasteiger partial charge in [0.1, 0.15) is 0 Å². The summed E-state index contributed by atoms with van der Waals surface area (Å²) in [5.74, 6) is -0.224. The van der Waals surface area contributed by atoms with Crippen LogP contribution in [0.15, 0.2) is 23.1 Å². The van der Waals surface area contributed by atoms with E-state index in [1.807, 2.05) is 19.1 Å². The Bertz CT molecular complexity index is 937. The molecule has 1 saturated heterocycles. The van der Waals surface area contributed by atoms with Crippen molar-refractivity contribution in [3.05, 3.63) is 29.3 Å². The van der Waals surface area contributed by atoms with Crippen LogP contribution in [0, 0.1) is 13.8 Å². The molecule has 1 aromatic carbocycles. The lowest BCUT2D eigenvalue weighted by Crippen LogP contribution is -2.50. The van der Waals surface area contributed by atoms with E-state index in [4.69, 9.17) is 0 Å². The molecule has 0 bridgehead atoms. The highest BCUT2D eigenvalue weighted by Gasteiger charge is 2.31. The number of rotatable bonds is 9. The van der Waals surface area contributed by atoms with Crippen LogP contribution in [-0.2, 0) is 19.6 Å². The second-order valence-electron chi connectivity index (χ2n) is 9.10. The number of carbonyl (C=O) groups excluding carboxylic acids is 2. The lowest BCUT2D eigenvalue weighted by Gasteiger charge is -2.34. The normalized spacial score (nSPS) is 18.6. The molecule has 0 radical (unpaired) electrons. The number of nitrogens with one attached hydrogen (secondary N) is 1. The highest BCUT2D eigenvalue weighted by atomic mass is 32.2. The molecule has 178 valence electrons. The third-order valence-corrected chi connectivity index (χ3v) is 8.57. The van der Waals surface area contributed by atoms with Gasteiger partial charge < -0.3 is 10.2 Å². The van der Waals surface area contributed by atoms with Crippen molar-refractivity contribution in [2.24, 2.45) is 0 Å². The largest absolute Gasteiger partial charge is 0.355 e. The van der Waals surface area contributed by atoms with Crippen LogP contribution in [0.5, 0.6) is 0 Å². The molecule has 1 heterocycles. The fraction of sp³-hybridized carbons (Fsp3) is 0.652. The Morgan fingerprint density at radius 2 is 1.78 bits per heavy atom. The van der Waals surface area contributed by atoms with E-state index in [0.29, 0.717) is 30.6 Å². The number of sulfonamides is 1. The van der Waals surface area contributed by atoms with E-state index < -0.39 is 10.0 Å². The summed E-state index contributed by atoms with van der Waals surface area (Å²) >= 11 is 0. The Morgan fingerprint density at radius 3 is 2.41 bits per heavy atom.